The van der Waals surface area contributed by atoms with Gasteiger partial charge in [-0.05, 0) is 47.7 Å². The SMILES string of the molecule is N/C(=N/O)c1cccc(-c2ccccc2C(=O)N2[C@@H](c3ccccc3Cl)CC[C@H]2C(=O)O)c1. The van der Waals surface area contributed by atoms with Gasteiger partial charge in [-0.15, -0.1) is 0 Å². The predicted molar refractivity (Wildman–Crippen MR) is 125 cm³/mol. The topological polar surface area (TPSA) is 116 Å². The Balaban J connectivity index is 1.80. The summed E-state index contributed by atoms with van der Waals surface area (Å²) in [5.41, 5.74) is 8.61. The van der Waals surface area contributed by atoms with Crippen LogP contribution in [0, 0.1) is 0 Å². The Kier molecular flexibility index (Phi) is 6.33. The van der Waals surface area contributed by atoms with E-state index in [1.165, 1.54) is 4.90 Å². The van der Waals surface area contributed by atoms with Crippen LogP contribution in [0.5, 0.6) is 0 Å². The minimum Gasteiger partial charge on any atom is -0.480 e. The number of halogens is 1. The van der Waals surface area contributed by atoms with Gasteiger partial charge >= 0.3 is 5.97 Å². The van der Waals surface area contributed by atoms with E-state index in [9.17, 15) is 14.7 Å². The van der Waals surface area contributed by atoms with Crippen LogP contribution < -0.4 is 5.73 Å². The van der Waals surface area contributed by atoms with Crippen molar-refractivity contribution >= 4 is 29.3 Å². The molecule has 2 atom stereocenters. The number of benzene rings is 3. The number of carboxylic acid groups (broad SMARTS) is 1. The molecule has 4 rings (SSSR count). The predicted octanol–water partition coefficient (Wildman–Crippen LogP) is 4.53. The first kappa shape index (κ1) is 22.4. The van der Waals surface area contributed by atoms with E-state index < -0.39 is 24.0 Å². The van der Waals surface area contributed by atoms with Crippen LogP contribution in [0.1, 0.15) is 40.4 Å². The molecule has 0 aliphatic carbocycles. The van der Waals surface area contributed by atoms with Gasteiger partial charge in [0.2, 0.25) is 0 Å². The number of amides is 1. The molecule has 0 spiro atoms. The molecule has 8 heteroatoms. The molecular formula is C25H22ClN3O4. The summed E-state index contributed by atoms with van der Waals surface area (Å²) in [6.45, 7) is 0. The van der Waals surface area contributed by atoms with E-state index in [1.54, 1.807) is 54.6 Å². The van der Waals surface area contributed by atoms with E-state index in [2.05, 4.69) is 5.16 Å². The van der Waals surface area contributed by atoms with Crippen LogP contribution in [0.3, 0.4) is 0 Å². The van der Waals surface area contributed by atoms with Crippen molar-refractivity contribution in [1.29, 1.82) is 0 Å². The number of hydrogen-bond donors (Lipinski definition) is 3. The molecule has 0 bridgehead atoms. The summed E-state index contributed by atoms with van der Waals surface area (Å²) >= 11 is 6.41. The van der Waals surface area contributed by atoms with Gasteiger partial charge in [0.15, 0.2) is 5.84 Å². The molecule has 4 N–H and O–H groups in total. The second-order valence-electron chi connectivity index (χ2n) is 7.79. The highest BCUT2D eigenvalue weighted by atomic mass is 35.5. The molecule has 1 aliphatic rings. The number of carbonyl (C=O) groups is 2. The van der Waals surface area contributed by atoms with Gasteiger partial charge in [-0.3, -0.25) is 4.79 Å². The van der Waals surface area contributed by atoms with Gasteiger partial charge in [0.1, 0.15) is 6.04 Å². The van der Waals surface area contributed by atoms with Gasteiger partial charge in [0, 0.05) is 16.1 Å². The van der Waals surface area contributed by atoms with Crippen molar-refractivity contribution in [3.63, 3.8) is 0 Å². The molecule has 1 aliphatic heterocycles. The molecule has 0 saturated carbocycles. The number of oxime groups is 1. The summed E-state index contributed by atoms with van der Waals surface area (Å²) < 4.78 is 0. The fourth-order valence-corrected chi connectivity index (χ4v) is 4.61. The van der Waals surface area contributed by atoms with Gasteiger partial charge in [-0.2, -0.15) is 0 Å². The van der Waals surface area contributed by atoms with E-state index >= 15 is 0 Å². The first-order valence-electron chi connectivity index (χ1n) is 10.4. The average molecular weight is 464 g/mol. The Hall–Kier alpha value is -3.84. The summed E-state index contributed by atoms with van der Waals surface area (Å²) in [6.07, 6.45) is 0.825. The Morgan fingerprint density at radius 1 is 1.00 bits per heavy atom. The van der Waals surface area contributed by atoms with Crippen LogP contribution in [0.15, 0.2) is 78.0 Å². The molecule has 1 fully saturated rings. The Bertz CT molecular complexity index is 1240. The average Bonchev–Trinajstić information content (AvgIpc) is 3.29. The first-order chi connectivity index (χ1) is 15.9. The van der Waals surface area contributed by atoms with Crippen molar-refractivity contribution < 1.29 is 19.9 Å². The molecule has 33 heavy (non-hydrogen) atoms. The highest BCUT2D eigenvalue weighted by Crippen LogP contribution is 2.41. The number of nitrogens with zero attached hydrogens (tertiary/aromatic N) is 2. The van der Waals surface area contributed by atoms with Crippen LogP contribution in [0.4, 0.5) is 0 Å². The monoisotopic (exact) mass is 463 g/mol. The Labute approximate surface area is 195 Å². The molecule has 0 unspecified atom stereocenters. The minimum absolute atomic E-state index is 0.0510. The third-order valence-corrected chi connectivity index (χ3v) is 6.25. The lowest BCUT2D eigenvalue weighted by atomic mass is 9.96. The maximum absolute atomic E-state index is 13.9. The molecule has 1 heterocycles. The van der Waals surface area contributed by atoms with E-state index in [0.29, 0.717) is 40.1 Å². The maximum atomic E-state index is 13.9. The molecule has 3 aromatic rings. The summed E-state index contributed by atoms with van der Waals surface area (Å²) in [7, 11) is 0. The molecule has 0 radical (unpaired) electrons. The summed E-state index contributed by atoms with van der Waals surface area (Å²) in [4.78, 5) is 27.3. The zero-order chi connectivity index (χ0) is 23.5. The smallest absolute Gasteiger partial charge is 0.326 e. The van der Waals surface area contributed by atoms with Gasteiger partial charge in [0.25, 0.3) is 5.91 Å². The van der Waals surface area contributed by atoms with Crippen molar-refractivity contribution in [2.24, 2.45) is 10.9 Å². The van der Waals surface area contributed by atoms with Crippen LogP contribution >= 0.6 is 11.6 Å². The summed E-state index contributed by atoms with van der Waals surface area (Å²) in [6, 6.07) is 19.7. The van der Waals surface area contributed by atoms with Gasteiger partial charge in [-0.1, -0.05) is 71.4 Å². The highest BCUT2D eigenvalue weighted by Gasteiger charge is 2.43. The molecule has 1 saturated heterocycles. The van der Waals surface area contributed by atoms with Crippen LogP contribution in [0.25, 0.3) is 11.1 Å². The van der Waals surface area contributed by atoms with Crippen LogP contribution in [-0.2, 0) is 4.79 Å². The largest absolute Gasteiger partial charge is 0.480 e. The zero-order valence-electron chi connectivity index (χ0n) is 17.6. The lowest BCUT2D eigenvalue weighted by Gasteiger charge is -2.30. The van der Waals surface area contributed by atoms with Crippen molar-refractivity contribution in [2.75, 3.05) is 0 Å². The van der Waals surface area contributed by atoms with Crippen LogP contribution in [-0.4, -0.2) is 39.0 Å². The van der Waals surface area contributed by atoms with Crippen molar-refractivity contribution in [2.45, 2.75) is 24.9 Å². The molecule has 168 valence electrons. The number of nitrogens with two attached hydrogens (primary N) is 1. The molecule has 0 aromatic heterocycles. The second-order valence-corrected chi connectivity index (χ2v) is 8.20. The lowest BCUT2D eigenvalue weighted by Crippen LogP contribution is -2.42. The number of rotatable bonds is 5. The van der Waals surface area contributed by atoms with E-state index in [1.807, 2.05) is 18.2 Å². The number of likely N-dealkylation sites (tertiary alicyclic amines) is 1. The Morgan fingerprint density at radius 2 is 1.73 bits per heavy atom. The van der Waals surface area contributed by atoms with E-state index in [0.717, 1.165) is 5.56 Å². The number of hydrogen-bond acceptors (Lipinski definition) is 4. The number of aliphatic carboxylic acids is 1. The Morgan fingerprint density at radius 3 is 2.45 bits per heavy atom. The third-order valence-electron chi connectivity index (χ3n) is 5.90. The minimum atomic E-state index is -1.05. The lowest BCUT2D eigenvalue weighted by molar-refractivity contribution is -0.141. The first-order valence-corrected chi connectivity index (χ1v) is 10.8. The molecular weight excluding hydrogens is 442 g/mol. The highest BCUT2D eigenvalue weighted by molar-refractivity contribution is 6.31. The van der Waals surface area contributed by atoms with Gasteiger partial charge in [0.05, 0.1) is 6.04 Å². The van der Waals surface area contributed by atoms with Crippen molar-refractivity contribution in [3.8, 4) is 11.1 Å². The number of carboxylic acids is 1. The second kappa shape index (κ2) is 9.34. The van der Waals surface area contributed by atoms with Crippen LogP contribution in [0.2, 0.25) is 5.02 Å². The quantitative estimate of drug-likeness (QED) is 0.222. The number of amidine groups is 1. The molecule has 3 aromatic carbocycles. The summed E-state index contributed by atoms with van der Waals surface area (Å²) in [5, 5.41) is 22.4. The van der Waals surface area contributed by atoms with Gasteiger partial charge < -0.3 is 20.9 Å². The molecule has 7 nitrogen and oxygen atoms in total. The standard InChI is InChI=1S/C25H22ClN3O4/c26-20-11-4-3-10-19(20)21-12-13-22(25(31)32)29(21)24(30)18-9-2-1-8-17(18)15-6-5-7-16(14-15)23(27)28-33/h1-11,14,21-22,33H,12-13H2,(H2,27,28)(H,31,32)/t21-,22+/m1/s1. The number of carbonyl (C=O) groups excluding carboxylic acids is 1. The zero-order valence-corrected chi connectivity index (χ0v) is 18.3. The fraction of sp³-hybridized carbons (Fsp3) is 0.160. The maximum Gasteiger partial charge on any atom is 0.326 e. The third kappa shape index (κ3) is 4.27. The molecule has 1 amide bonds. The normalized spacial score (nSPS) is 18.3. The van der Waals surface area contributed by atoms with E-state index in [4.69, 9.17) is 22.5 Å². The van der Waals surface area contributed by atoms with Gasteiger partial charge in [-0.25, -0.2) is 4.79 Å². The summed E-state index contributed by atoms with van der Waals surface area (Å²) in [5.74, 6) is -1.50. The van der Waals surface area contributed by atoms with Crippen molar-refractivity contribution in [1.82, 2.24) is 4.90 Å². The fourth-order valence-electron chi connectivity index (χ4n) is 4.35. The van der Waals surface area contributed by atoms with E-state index in [-0.39, 0.29) is 5.84 Å². The van der Waals surface area contributed by atoms with Crippen molar-refractivity contribution in [3.05, 3.63) is 94.5 Å².